The molecule has 1 saturated carbocycles. The lowest BCUT2D eigenvalue weighted by molar-refractivity contribution is 0.583. The molecule has 2 rings (SSSR count). The summed E-state index contributed by atoms with van der Waals surface area (Å²) in [5.74, 6) is 6.15. The van der Waals surface area contributed by atoms with Crippen molar-refractivity contribution < 1.29 is 8.42 Å². The molecule has 1 aromatic rings. The number of nitrogens with two attached hydrogens (primary N) is 1. The monoisotopic (exact) mass is 309 g/mol. The summed E-state index contributed by atoms with van der Waals surface area (Å²) >= 11 is 0. The number of benzene rings is 1. The van der Waals surface area contributed by atoms with Crippen LogP contribution in [0, 0.1) is 0 Å². The summed E-state index contributed by atoms with van der Waals surface area (Å²) < 4.78 is 23.3. The molecule has 3 N–H and O–H groups in total. The van der Waals surface area contributed by atoms with Gasteiger partial charge in [0, 0.05) is 11.8 Å². The molecule has 0 spiro atoms. The van der Waals surface area contributed by atoms with Crippen LogP contribution in [0.25, 0.3) is 0 Å². The fourth-order valence-electron chi connectivity index (χ4n) is 2.64. The third-order valence-electron chi connectivity index (χ3n) is 3.81. The second-order valence-electron chi connectivity index (χ2n) is 5.57. The maximum Gasteiger partial charge on any atom is 0.175 e. The van der Waals surface area contributed by atoms with Gasteiger partial charge in [-0.3, -0.25) is 4.99 Å². The number of nitrogens with one attached hydrogen (secondary N) is 1. The molecule has 1 fully saturated rings. The molecule has 0 radical (unpaired) electrons. The number of aliphatic imine (C=N–C) groups is 1. The lowest BCUT2D eigenvalue weighted by Gasteiger charge is -2.13. The Bertz CT molecular complexity index is 603. The highest BCUT2D eigenvalue weighted by atomic mass is 32.2. The molecule has 0 bridgehead atoms. The van der Waals surface area contributed by atoms with E-state index in [2.05, 4.69) is 5.43 Å². The molecular formula is C15H23N3O2S. The number of hydrogen-bond acceptors (Lipinski definition) is 4. The molecule has 1 aromatic carbocycles. The predicted octanol–water partition coefficient (Wildman–Crippen LogP) is 2.02. The Kier molecular flexibility index (Phi) is 5.36. The summed E-state index contributed by atoms with van der Waals surface area (Å²) in [6.07, 6.45) is 8.24. The molecule has 6 heteroatoms. The molecule has 0 atom stereocenters. The van der Waals surface area contributed by atoms with Crippen molar-refractivity contribution in [2.45, 2.75) is 49.5 Å². The van der Waals surface area contributed by atoms with Crippen LogP contribution in [-0.4, -0.2) is 26.6 Å². The quantitative estimate of drug-likeness (QED) is 0.294. The molecule has 0 aromatic heterocycles. The number of hydrogen-bond donors (Lipinski definition) is 2. The van der Waals surface area contributed by atoms with Gasteiger partial charge in [0.2, 0.25) is 0 Å². The lowest BCUT2D eigenvalue weighted by Crippen LogP contribution is -2.32. The van der Waals surface area contributed by atoms with Crippen LogP contribution in [0.3, 0.4) is 0 Å². The standard InChI is InChI=1S/C15H23N3O2S/c1-21(19,20)14-10-6-7-12(11-14)15(18-16)17-13-8-4-2-3-5-9-13/h6-7,10-11,13H,2-5,8-9,16H2,1H3,(H,17,18). The van der Waals surface area contributed by atoms with Crippen LogP contribution in [0.2, 0.25) is 0 Å². The van der Waals surface area contributed by atoms with Crippen molar-refractivity contribution in [3.05, 3.63) is 29.8 Å². The van der Waals surface area contributed by atoms with Crippen LogP contribution >= 0.6 is 0 Å². The Hall–Kier alpha value is -1.40. The van der Waals surface area contributed by atoms with Crippen molar-refractivity contribution >= 4 is 15.7 Å². The third-order valence-corrected chi connectivity index (χ3v) is 4.92. The molecule has 21 heavy (non-hydrogen) atoms. The second kappa shape index (κ2) is 7.04. The van der Waals surface area contributed by atoms with Gasteiger partial charge in [-0.05, 0) is 25.0 Å². The molecule has 5 nitrogen and oxygen atoms in total. The van der Waals surface area contributed by atoms with Gasteiger partial charge >= 0.3 is 0 Å². The zero-order chi connectivity index (χ0) is 15.3. The van der Waals surface area contributed by atoms with Gasteiger partial charge in [-0.1, -0.05) is 37.8 Å². The molecule has 0 unspecified atom stereocenters. The van der Waals surface area contributed by atoms with Crippen LogP contribution in [0.4, 0.5) is 0 Å². The van der Waals surface area contributed by atoms with Gasteiger partial charge < -0.3 is 5.43 Å². The minimum Gasteiger partial charge on any atom is -0.308 e. The van der Waals surface area contributed by atoms with Gasteiger partial charge in [-0.2, -0.15) is 0 Å². The number of sulfone groups is 1. The molecule has 1 aliphatic carbocycles. The fourth-order valence-corrected chi connectivity index (χ4v) is 3.31. The van der Waals surface area contributed by atoms with E-state index in [-0.39, 0.29) is 10.9 Å². The van der Waals surface area contributed by atoms with Gasteiger partial charge in [-0.25, -0.2) is 14.3 Å². The molecule has 0 heterocycles. The molecule has 0 amide bonds. The molecule has 0 saturated heterocycles. The topological polar surface area (TPSA) is 84.5 Å². The van der Waals surface area contributed by atoms with Crippen LogP contribution in [0.5, 0.6) is 0 Å². The Morgan fingerprint density at radius 3 is 2.48 bits per heavy atom. The number of nitrogens with zero attached hydrogens (tertiary/aromatic N) is 1. The van der Waals surface area contributed by atoms with Crippen molar-refractivity contribution in [3.63, 3.8) is 0 Å². The molecule has 1 aliphatic rings. The summed E-state index contributed by atoms with van der Waals surface area (Å²) in [7, 11) is -3.23. The summed E-state index contributed by atoms with van der Waals surface area (Å²) in [5.41, 5.74) is 3.33. The van der Waals surface area contributed by atoms with Crippen LogP contribution in [-0.2, 0) is 9.84 Å². The minimum absolute atomic E-state index is 0.264. The summed E-state index contributed by atoms with van der Waals surface area (Å²) in [6.45, 7) is 0. The van der Waals surface area contributed by atoms with E-state index in [0.717, 1.165) is 12.8 Å². The van der Waals surface area contributed by atoms with E-state index in [4.69, 9.17) is 10.8 Å². The minimum atomic E-state index is -3.23. The third kappa shape index (κ3) is 4.54. The normalized spacial score (nSPS) is 18.3. The van der Waals surface area contributed by atoms with E-state index in [0.29, 0.717) is 11.4 Å². The van der Waals surface area contributed by atoms with Crippen molar-refractivity contribution in [1.82, 2.24) is 5.43 Å². The van der Waals surface area contributed by atoms with Crippen molar-refractivity contribution in [2.24, 2.45) is 10.8 Å². The maximum atomic E-state index is 11.6. The van der Waals surface area contributed by atoms with E-state index in [9.17, 15) is 8.42 Å². The number of amidine groups is 1. The lowest BCUT2D eigenvalue weighted by atomic mass is 10.1. The highest BCUT2D eigenvalue weighted by molar-refractivity contribution is 7.90. The van der Waals surface area contributed by atoms with Gasteiger partial charge in [0.1, 0.15) is 5.84 Å². The van der Waals surface area contributed by atoms with Crippen LogP contribution < -0.4 is 11.3 Å². The average molecular weight is 309 g/mol. The smallest absolute Gasteiger partial charge is 0.175 e. The van der Waals surface area contributed by atoms with E-state index < -0.39 is 9.84 Å². The molecule has 116 valence electrons. The fraction of sp³-hybridized carbons (Fsp3) is 0.533. The molecular weight excluding hydrogens is 286 g/mol. The second-order valence-corrected chi connectivity index (χ2v) is 7.58. The van der Waals surface area contributed by atoms with Crippen LogP contribution in [0.15, 0.2) is 34.2 Å². The van der Waals surface area contributed by atoms with Gasteiger partial charge in [0.05, 0.1) is 10.9 Å². The first-order valence-corrected chi connectivity index (χ1v) is 9.25. The summed E-state index contributed by atoms with van der Waals surface area (Å²) in [6, 6.07) is 7.00. The summed E-state index contributed by atoms with van der Waals surface area (Å²) in [4.78, 5) is 4.97. The van der Waals surface area contributed by atoms with Crippen molar-refractivity contribution in [2.75, 3.05) is 6.26 Å². The van der Waals surface area contributed by atoms with E-state index in [1.807, 2.05) is 6.07 Å². The Morgan fingerprint density at radius 1 is 1.24 bits per heavy atom. The summed E-state index contributed by atoms with van der Waals surface area (Å²) in [5, 5.41) is 0. The highest BCUT2D eigenvalue weighted by Gasteiger charge is 2.14. The van der Waals surface area contributed by atoms with E-state index >= 15 is 0 Å². The van der Waals surface area contributed by atoms with Crippen molar-refractivity contribution in [1.29, 1.82) is 0 Å². The first-order valence-electron chi connectivity index (χ1n) is 7.35. The van der Waals surface area contributed by atoms with Crippen LogP contribution in [0.1, 0.15) is 44.1 Å². The zero-order valence-corrected chi connectivity index (χ0v) is 13.2. The van der Waals surface area contributed by atoms with E-state index in [1.54, 1.807) is 18.2 Å². The Morgan fingerprint density at radius 2 is 1.90 bits per heavy atom. The first kappa shape index (κ1) is 16.0. The number of rotatable bonds is 3. The SMILES string of the molecule is CS(=O)(=O)c1cccc(C(=NC2CCCCCC2)NN)c1. The van der Waals surface area contributed by atoms with E-state index in [1.165, 1.54) is 31.9 Å². The highest BCUT2D eigenvalue weighted by Crippen LogP contribution is 2.20. The van der Waals surface area contributed by atoms with Gasteiger partial charge in [0.15, 0.2) is 9.84 Å². The molecule has 0 aliphatic heterocycles. The average Bonchev–Trinajstić information content (AvgIpc) is 2.72. The Labute approximate surface area is 126 Å². The van der Waals surface area contributed by atoms with Gasteiger partial charge in [-0.15, -0.1) is 0 Å². The van der Waals surface area contributed by atoms with Gasteiger partial charge in [0.25, 0.3) is 0 Å². The predicted molar refractivity (Wildman–Crippen MR) is 84.9 cm³/mol. The Balaban J connectivity index is 2.28. The zero-order valence-electron chi connectivity index (χ0n) is 12.4. The van der Waals surface area contributed by atoms with Crippen molar-refractivity contribution in [3.8, 4) is 0 Å². The number of hydrazine groups is 1. The largest absolute Gasteiger partial charge is 0.308 e. The maximum absolute atomic E-state index is 11.6. The first-order chi connectivity index (χ1) is 10.0.